The Labute approximate surface area is 134 Å². The number of rotatable bonds is 3. The molecule has 2 atom stereocenters. The van der Waals surface area contributed by atoms with E-state index in [0.29, 0.717) is 18.8 Å². The Morgan fingerprint density at radius 1 is 1.27 bits per heavy atom. The van der Waals surface area contributed by atoms with E-state index in [2.05, 4.69) is 9.97 Å². The van der Waals surface area contributed by atoms with Crippen molar-refractivity contribution in [1.29, 1.82) is 0 Å². The van der Waals surface area contributed by atoms with Crippen LogP contribution in [0.5, 0.6) is 0 Å². The third-order valence-electron chi connectivity index (χ3n) is 3.61. The Kier molecular flexibility index (Phi) is 4.59. The average Bonchev–Trinajstić information content (AvgIpc) is 2.51. The van der Waals surface area contributed by atoms with Gasteiger partial charge in [-0.15, -0.1) is 0 Å². The van der Waals surface area contributed by atoms with Gasteiger partial charge in [-0.1, -0.05) is 30.0 Å². The molecular formula is C16H19N3O2S. The molecule has 116 valence electrons. The fourth-order valence-corrected chi connectivity index (χ4v) is 3.59. The highest BCUT2D eigenvalue weighted by Gasteiger charge is 2.25. The van der Waals surface area contributed by atoms with Crippen molar-refractivity contribution in [3.05, 3.63) is 30.6 Å². The number of aromatic nitrogens is 2. The highest BCUT2D eigenvalue weighted by atomic mass is 32.2. The van der Waals surface area contributed by atoms with Crippen LogP contribution in [0.15, 0.2) is 35.6 Å². The van der Waals surface area contributed by atoms with Crippen molar-refractivity contribution in [3.63, 3.8) is 0 Å². The molecule has 6 heteroatoms. The number of morpholine rings is 1. The lowest BCUT2D eigenvalue weighted by molar-refractivity contribution is -0.140. The summed E-state index contributed by atoms with van der Waals surface area (Å²) < 4.78 is 5.67. The minimum absolute atomic E-state index is 0.0950. The van der Waals surface area contributed by atoms with Gasteiger partial charge in [-0.3, -0.25) is 4.79 Å². The van der Waals surface area contributed by atoms with Gasteiger partial charge in [0.25, 0.3) is 0 Å². The molecule has 1 saturated heterocycles. The number of amides is 1. The van der Waals surface area contributed by atoms with Gasteiger partial charge in [0, 0.05) is 18.5 Å². The van der Waals surface area contributed by atoms with Crippen LogP contribution in [0.3, 0.4) is 0 Å². The molecule has 0 saturated carbocycles. The van der Waals surface area contributed by atoms with E-state index in [-0.39, 0.29) is 18.1 Å². The van der Waals surface area contributed by atoms with E-state index in [9.17, 15) is 4.79 Å². The molecule has 0 spiro atoms. The molecule has 1 amide bonds. The third-order valence-corrected chi connectivity index (χ3v) is 4.60. The van der Waals surface area contributed by atoms with Crippen molar-refractivity contribution < 1.29 is 9.53 Å². The summed E-state index contributed by atoms with van der Waals surface area (Å²) in [6, 6.07) is 7.85. The monoisotopic (exact) mass is 317 g/mol. The zero-order valence-electron chi connectivity index (χ0n) is 12.7. The quantitative estimate of drug-likeness (QED) is 0.642. The van der Waals surface area contributed by atoms with Crippen LogP contribution in [0.25, 0.3) is 10.9 Å². The highest BCUT2D eigenvalue weighted by Crippen LogP contribution is 2.24. The lowest BCUT2D eigenvalue weighted by Crippen LogP contribution is -2.48. The molecule has 5 nitrogen and oxygen atoms in total. The van der Waals surface area contributed by atoms with Crippen LogP contribution in [0.2, 0.25) is 0 Å². The highest BCUT2D eigenvalue weighted by molar-refractivity contribution is 8.00. The predicted molar refractivity (Wildman–Crippen MR) is 86.9 cm³/mol. The molecule has 2 aromatic rings. The Hall–Kier alpha value is -1.66. The van der Waals surface area contributed by atoms with Crippen molar-refractivity contribution in [3.8, 4) is 0 Å². The van der Waals surface area contributed by atoms with Crippen LogP contribution in [-0.2, 0) is 9.53 Å². The van der Waals surface area contributed by atoms with Crippen LogP contribution < -0.4 is 0 Å². The molecule has 3 rings (SSSR count). The Balaban J connectivity index is 1.67. The molecule has 0 unspecified atom stereocenters. The second-order valence-electron chi connectivity index (χ2n) is 5.54. The molecule has 0 radical (unpaired) electrons. The first-order valence-corrected chi connectivity index (χ1v) is 8.38. The number of carbonyl (C=O) groups excluding carboxylic acids is 1. The van der Waals surface area contributed by atoms with E-state index < -0.39 is 0 Å². The van der Waals surface area contributed by atoms with Crippen molar-refractivity contribution in [2.45, 2.75) is 31.1 Å². The second kappa shape index (κ2) is 6.62. The average molecular weight is 317 g/mol. The van der Waals surface area contributed by atoms with Crippen molar-refractivity contribution in [2.75, 3.05) is 18.8 Å². The smallest absolute Gasteiger partial charge is 0.233 e. The van der Waals surface area contributed by atoms with E-state index in [1.54, 1.807) is 6.33 Å². The number of hydrogen-bond acceptors (Lipinski definition) is 5. The van der Waals surface area contributed by atoms with Gasteiger partial charge in [0.05, 0.1) is 23.5 Å². The van der Waals surface area contributed by atoms with Gasteiger partial charge >= 0.3 is 0 Å². The standard InChI is InChI=1S/C16H19N3O2S/c1-11-7-19(8-12(2)21-11)15(20)9-22-16-13-5-3-4-6-14(13)17-10-18-16/h3-6,10-12H,7-9H2,1-2H3/t11-,12+. The topological polar surface area (TPSA) is 55.3 Å². The number of nitrogens with zero attached hydrogens (tertiary/aromatic N) is 3. The van der Waals surface area contributed by atoms with Gasteiger partial charge in [0.1, 0.15) is 11.4 Å². The summed E-state index contributed by atoms with van der Waals surface area (Å²) in [5, 5.41) is 1.85. The summed E-state index contributed by atoms with van der Waals surface area (Å²) in [6.07, 6.45) is 1.74. The molecular weight excluding hydrogens is 298 g/mol. The zero-order chi connectivity index (χ0) is 15.5. The van der Waals surface area contributed by atoms with Crippen molar-refractivity contribution in [2.24, 2.45) is 0 Å². The SMILES string of the molecule is C[C@@H]1CN(C(=O)CSc2ncnc3ccccc23)C[C@H](C)O1. The van der Waals surface area contributed by atoms with Crippen LogP contribution in [0, 0.1) is 0 Å². The van der Waals surface area contributed by atoms with Crippen LogP contribution in [-0.4, -0.2) is 51.8 Å². The molecule has 1 aromatic carbocycles. The summed E-state index contributed by atoms with van der Waals surface area (Å²) in [5.41, 5.74) is 0.904. The summed E-state index contributed by atoms with van der Waals surface area (Å²) in [5.74, 6) is 0.523. The number of fused-ring (bicyclic) bond motifs is 1. The largest absolute Gasteiger partial charge is 0.372 e. The molecule has 2 heterocycles. The third kappa shape index (κ3) is 3.39. The maximum absolute atomic E-state index is 12.4. The molecule has 1 aromatic heterocycles. The Bertz CT molecular complexity index is 664. The van der Waals surface area contributed by atoms with E-state index in [4.69, 9.17) is 4.74 Å². The molecule has 1 fully saturated rings. The second-order valence-corrected chi connectivity index (χ2v) is 6.50. The van der Waals surface area contributed by atoms with Gasteiger partial charge in [-0.05, 0) is 19.9 Å². The summed E-state index contributed by atoms with van der Waals surface area (Å²) in [4.78, 5) is 22.8. The van der Waals surface area contributed by atoms with Crippen molar-refractivity contribution in [1.82, 2.24) is 14.9 Å². The van der Waals surface area contributed by atoms with E-state index >= 15 is 0 Å². The normalized spacial score (nSPS) is 22.0. The minimum Gasteiger partial charge on any atom is -0.372 e. The fourth-order valence-electron chi connectivity index (χ4n) is 2.70. The Morgan fingerprint density at radius 3 is 2.77 bits per heavy atom. The number of thioether (sulfide) groups is 1. The zero-order valence-corrected chi connectivity index (χ0v) is 13.5. The lowest BCUT2D eigenvalue weighted by atomic mass is 10.2. The van der Waals surface area contributed by atoms with E-state index in [1.165, 1.54) is 11.8 Å². The molecule has 0 bridgehead atoms. The number of carbonyl (C=O) groups is 1. The molecule has 1 aliphatic heterocycles. The minimum atomic E-state index is 0.0950. The Morgan fingerprint density at radius 2 is 2.00 bits per heavy atom. The first-order valence-electron chi connectivity index (χ1n) is 7.39. The van der Waals surface area contributed by atoms with Gasteiger partial charge in [-0.2, -0.15) is 0 Å². The van der Waals surface area contributed by atoms with Crippen LogP contribution in [0.1, 0.15) is 13.8 Å². The van der Waals surface area contributed by atoms with Gasteiger partial charge in [0.2, 0.25) is 5.91 Å². The maximum Gasteiger partial charge on any atom is 0.233 e. The molecule has 0 N–H and O–H groups in total. The van der Waals surface area contributed by atoms with Gasteiger partial charge < -0.3 is 9.64 Å². The molecule has 0 aliphatic carbocycles. The van der Waals surface area contributed by atoms with Gasteiger partial charge in [0.15, 0.2) is 0 Å². The molecule has 22 heavy (non-hydrogen) atoms. The van der Waals surface area contributed by atoms with Crippen LogP contribution in [0.4, 0.5) is 0 Å². The number of para-hydroxylation sites is 1. The number of hydrogen-bond donors (Lipinski definition) is 0. The van der Waals surface area contributed by atoms with Gasteiger partial charge in [-0.25, -0.2) is 9.97 Å². The first-order chi connectivity index (χ1) is 10.6. The van der Waals surface area contributed by atoms with Crippen molar-refractivity contribution >= 4 is 28.6 Å². The summed E-state index contributed by atoms with van der Waals surface area (Å²) in [7, 11) is 0. The first kappa shape index (κ1) is 15.2. The summed E-state index contributed by atoms with van der Waals surface area (Å²) in [6.45, 7) is 5.32. The fraction of sp³-hybridized carbons (Fsp3) is 0.438. The predicted octanol–water partition coefficient (Wildman–Crippen LogP) is 2.36. The summed E-state index contributed by atoms with van der Waals surface area (Å²) >= 11 is 1.47. The number of ether oxygens (including phenoxy) is 1. The lowest BCUT2D eigenvalue weighted by Gasteiger charge is -2.35. The molecule has 1 aliphatic rings. The van der Waals surface area contributed by atoms with E-state index in [0.717, 1.165) is 15.9 Å². The maximum atomic E-state index is 12.4. The van der Waals surface area contributed by atoms with Crippen LogP contribution >= 0.6 is 11.8 Å². The number of benzene rings is 1. The van der Waals surface area contributed by atoms with E-state index in [1.807, 2.05) is 43.0 Å².